The molecule has 1 aliphatic heterocycles. The van der Waals surface area contributed by atoms with Gasteiger partial charge in [0.25, 0.3) is 5.91 Å². The summed E-state index contributed by atoms with van der Waals surface area (Å²) >= 11 is 0. The molecule has 0 aliphatic carbocycles. The van der Waals surface area contributed by atoms with E-state index in [4.69, 9.17) is 0 Å². The number of carbonyl (C=O) groups is 2. The quantitative estimate of drug-likeness (QED) is 0.828. The molecule has 1 aliphatic rings. The van der Waals surface area contributed by atoms with E-state index in [1.807, 2.05) is 55.7 Å². The van der Waals surface area contributed by atoms with Crippen LogP contribution >= 0.6 is 0 Å². The van der Waals surface area contributed by atoms with Gasteiger partial charge in [-0.1, -0.05) is 17.7 Å². The zero-order chi connectivity index (χ0) is 17.7. The van der Waals surface area contributed by atoms with E-state index in [9.17, 15) is 9.59 Å². The highest BCUT2D eigenvalue weighted by atomic mass is 16.2. The molecule has 1 fully saturated rings. The summed E-state index contributed by atoms with van der Waals surface area (Å²) in [5.74, 6) is 0.274. The first-order chi connectivity index (χ1) is 11.5. The van der Waals surface area contributed by atoms with Gasteiger partial charge in [-0.15, -0.1) is 0 Å². The zero-order valence-electron chi connectivity index (χ0n) is 15.3. The van der Waals surface area contributed by atoms with Gasteiger partial charge < -0.3 is 9.80 Å². The van der Waals surface area contributed by atoms with E-state index in [1.54, 1.807) is 0 Å². The van der Waals surface area contributed by atoms with Crippen LogP contribution in [0.5, 0.6) is 0 Å². The van der Waals surface area contributed by atoms with Gasteiger partial charge in [-0.05, 0) is 39.3 Å². The molecule has 1 aromatic carbocycles. The van der Waals surface area contributed by atoms with Crippen molar-refractivity contribution in [2.24, 2.45) is 0 Å². The lowest BCUT2D eigenvalue weighted by molar-refractivity contribution is -0.132. The normalized spacial score (nSPS) is 15.4. The van der Waals surface area contributed by atoms with Crippen molar-refractivity contribution in [3.63, 3.8) is 0 Å². The molecular weight excluding hydrogens is 302 g/mol. The Labute approximate surface area is 145 Å². The molecule has 0 atom stereocenters. The highest BCUT2D eigenvalue weighted by molar-refractivity contribution is 5.95. The van der Waals surface area contributed by atoms with Crippen molar-refractivity contribution in [3.05, 3.63) is 34.9 Å². The molecule has 0 aromatic heterocycles. The fraction of sp³-hybridized carbons (Fsp3) is 0.579. The second-order valence-corrected chi connectivity index (χ2v) is 6.45. The number of nitrogens with zero attached hydrogens (tertiary/aromatic N) is 3. The van der Waals surface area contributed by atoms with Crippen LogP contribution in [-0.4, -0.2) is 72.3 Å². The molecule has 24 heavy (non-hydrogen) atoms. The molecule has 1 heterocycles. The smallest absolute Gasteiger partial charge is 0.254 e. The van der Waals surface area contributed by atoms with Crippen LogP contribution in [0.15, 0.2) is 18.2 Å². The van der Waals surface area contributed by atoms with Gasteiger partial charge in [-0.3, -0.25) is 14.5 Å². The molecule has 0 saturated carbocycles. The average Bonchev–Trinajstić information content (AvgIpc) is 2.56. The number of rotatable bonds is 5. The third kappa shape index (κ3) is 4.35. The minimum atomic E-state index is 0.0993. The lowest BCUT2D eigenvalue weighted by Gasteiger charge is -2.35. The average molecular weight is 331 g/mol. The Morgan fingerprint density at radius 3 is 2.21 bits per heavy atom. The van der Waals surface area contributed by atoms with E-state index in [1.165, 1.54) is 5.56 Å². The van der Waals surface area contributed by atoms with Crippen molar-refractivity contribution >= 4 is 11.8 Å². The number of hydrogen-bond acceptors (Lipinski definition) is 3. The largest absolute Gasteiger partial charge is 0.342 e. The first-order valence-electron chi connectivity index (χ1n) is 8.82. The molecule has 0 bridgehead atoms. The number of aryl methyl sites for hydroxylation is 2. The van der Waals surface area contributed by atoms with Crippen LogP contribution in [0.1, 0.15) is 35.3 Å². The standard InChI is InChI=1S/C19H29N3O2/c1-5-21(6-2)18(23)14-20-9-11-22(12-10-20)19(24)17-8-7-15(3)13-16(17)4/h7-8,13H,5-6,9-12,14H2,1-4H3. The maximum Gasteiger partial charge on any atom is 0.254 e. The SMILES string of the molecule is CCN(CC)C(=O)CN1CCN(C(=O)c2ccc(C)cc2C)CC1. The lowest BCUT2D eigenvalue weighted by Crippen LogP contribution is -2.51. The Kier molecular flexibility index (Phi) is 6.37. The zero-order valence-corrected chi connectivity index (χ0v) is 15.3. The summed E-state index contributed by atoms with van der Waals surface area (Å²) in [5.41, 5.74) is 2.98. The topological polar surface area (TPSA) is 43.9 Å². The number of carbonyl (C=O) groups excluding carboxylic acids is 2. The number of likely N-dealkylation sites (N-methyl/N-ethyl adjacent to an activating group) is 1. The number of amides is 2. The second kappa shape index (κ2) is 8.29. The van der Waals surface area contributed by atoms with E-state index < -0.39 is 0 Å². The predicted octanol–water partition coefficient (Wildman–Crippen LogP) is 1.93. The van der Waals surface area contributed by atoms with Gasteiger partial charge in [0.05, 0.1) is 6.54 Å². The second-order valence-electron chi connectivity index (χ2n) is 6.45. The molecule has 1 aromatic rings. The van der Waals surface area contributed by atoms with E-state index in [0.717, 1.165) is 37.3 Å². The van der Waals surface area contributed by atoms with Gasteiger partial charge in [0.2, 0.25) is 5.91 Å². The summed E-state index contributed by atoms with van der Waals surface area (Å²) < 4.78 is 0. The Hall–Kier alpha value is -1.88. The third-order valence-corrected chi connectivity index (χ3v) is 4.75. The van der Waals surface area contributed by atoms with Gasteiger partial charge in [0.1, 0.15) is 0 Å². The summed E-state index contributed by atoms with van der Waals surface area (Å²) in [6.07, 6.45) is 0. The number of piperazine rings is 1. The molecule has 2 amide bonds. The Bertz CT molecular complexity index is 588. The van der Waals surface area contributed by atoms with E-state index >= 15 is 0 Å². The molecule has 5 heteroatoms. The van der Waals surface area contributed by atoms with Crippen molar-refractivity contribution in [1.29, 1.82) is 0 Å². The summed E-state index contributed by atoms with van der Waals surface area (Å²) in [7, 11) is 0. The third-order valence-electron chi connectivity index (χ3n) is 4.75. The molecule has 132 valence electrons. The maximum atomic E-state index is 12.7. The van der Waals surface area contributed by atoms with Crippen molar-refractivity contribution in [2.75, 3.05) is 45.8 Å². The van der Waals surface area contributed by atoms with Crippen LogP contribution in [0.3, 0.4) is 0 Å². The molecular formula is C19H29N3O2. The van der Waals surface area contributed by atoms with Crippen molar-refractivity contribution in [2.45, 2.75) is 27.7 Å². The molecule has 0 N–H and O–H groups in total. The number of benzene rings is 1. The molecule has 0 unspecified atom stereocenters. The van der Waals surface area contributed by atoms with E-state index in [-0.39, 0.29) is 11.8 Å². The molecule has 0 radical (unpaired) electrons. The summed E-state index contributed by atoms with van der Waals surface area (Å²) in [6.45, 7) is 12.8. The van der Waals surface area contributed by atoms with E-state index in [0.29, 0.717) is 19.6 Å². The van der Waals surface area contributed by atoms with Gasteiger partial charge in [0.15, 0.2) is 0 Å². The summed E-state index contributed by atoms with van der Waals surface area (Å²) in [4.78, 5) is 30.8. The van der Waals surface area contributed by atoms with Gasteiger partial charge in [-0.25, -0.2) is 0 Å². The molecule has 2 rings (SSSR count). The van der Waals surface area contributed by atoms with Crippen LogP contribution in [0.2, 0.25) is 0 Å². The highest BCUT2D eigenvalue weighted by Crippen LogP contribution is 2.15. The summed E-state index contributed by atoms with van der Waals surface area (Å²) in [6, 6.07) is 5.95. The summed E-state index contributed by atoms with van der Waals surface area (Å²) in [5, 5.41) is 0. The first kappa shape index (κ1) is 18.5. The Morgan fingerprint density at radius 1 is 1.04 bits per heavy atom. The van der Waals surface area contributed by atoms with Crippen LogP contribution in [0.4, 0.5) is 0 Å². The fourth-order valence-corrected chi connectivity index (χ4v) is 3.20. The first-order valence-corrected chi connectivity index (χ1v) is 8.82. The number of hydrogen-bond donors (Lipinski definition) is 0. The fourth-order valence-electron chi connectivity index (χ4n) is 3.20. The van der Waals surface area contributed by atoms with Crippen LogP contribution in [0, 0.1) is 13.8 Å². The minimum Gasteiger partial charge on any atom is -0.342 e. The monoisotopic (exact) mass is 331 g/mol. The van der Waals surface area contributed by atoms with Crippen LogP contribution in [-0.2, 0) is 4.79 Å². The predicted molar refractivity (Wildman–Crippen MR) is 96.2 cm³/mol. The van der Waals surface area contributed by atoms with Crippen LogP contribution in [0.25, 0.3) is 0 Å². The van der Waals surface area contributed by atoms with Crippen molar-refractivity contribution in [1.82, 2.24) is 14.7 Å². The minimum absolute atomic E-state index is 0.0993. The van der Waals surface area contributed by atoms with Gasteiger partial charge >= 0.3 is 0 Å². The molecule has 1 saturated heterocycles. The maximum absolute atomic E-state index is 12.7. The Morgan fingerprint density at radius 2 is 1.67 bits per heavy atom. The molecule has 0 spiro atoms. The molecule has 5 nitrogen and oxygen atoms in total. The Balaban J connectivity index is 1.90. The highest BCUT2D eigenvalue weighted by Gasteiger charge is 2.24. The van der Waals surface area contributed by atoms with Gasteiger partial charge in [-0.2, -0.15) is 0 Å². The van der Waals surface area contributed by atoms with Gasteiger partial charge in [0, 0.05) is 44.8 Å². The van der Waals surface area contributed by atoms with Crippen LogP contribution < -0.4 is 0 Å². The van der Waals surface area contributed by atoms with Crippen molar-refractivity contribution < 1.29 is 9.59 Å². The lowest BCUT2D eigenvalue weighted by atomic mass is 10.0. The van der Waals surface area contributed by atoms with Crippen molar-refractivity contribution in [3.8, 4) is 0 Å². The van der Waals surface area contributed by atoms with E-state index in [2.05, 4.69) is 4.90 Å².